The van der Waals surface area contributed by atoms with Crippen LogP contribution in [0.1, 0.15) is 0 Å². The van der Waals surface area contributed by atoms with Crippen LogP contribution in [0.3, 0.4) is 0 Å². The Labute approximate surface area is 171 Å². The van der Waals surface area contributed by atoms with Crippen LogP contribution in [0, 0.1) is 0 Å². The Bertz CT molecular complexity index is 950. The second-order valence-corrected chi connectivity index (χ2v) is 7.60. The highest BCUT2D eigenvalue weighted by molar-refractivity contribution is 5.70. The standard InChI is InChI=1S/C22H27N7/c1-27(2)20-10-6-18(7-11-20)22-16-21(24-25-22)17-4-8-19(9-5-17)23-26-29-14-12-28(3)13-15-29/h4-11,16H,12-15H2,1-3H3,(H,24,25). The number of nitrogens with one attached hydrogen (secondary N) is 1. The quantitative estimate of drug-likeness (QED) is 0.669. The summed E-state index contributed by atoms with van der Waals surface area (Å²) in [5.74, 6) is 0. The summed E-state index contributed by atoms with van der Waals surface area (Å²) in [7, 11) is 6.21. The first kappa shape index (κ1) is 19.1. The van der Waals surface area contributed by atoms with Crippen molar-refractivity contribution in [3.8, 4) is 22.5 Å². The van der Waals surface area contributed by atoms with E-state index in [1.54, 1.807) is 0 Å². The van der Waals surface area contributed by atoms with Crippen LogP contribution in [-0.2, 0) is 0 Å². The molecule has 0 radical (unpaired) electrons. The van der Waals surface area contributed by atoms with Crippen molar-refractivity contribution in [2.45, 2.75) is 0 Å². The molecule has 1 aliphatic heterocycles. The summed E-state index contributed by atoms with van der Waals surface area (Å²) < 4.78 is 0. The van der Waals surface area contributed by atoms with E-state index in [1.807, 2.05) is 43.4 Å². The van der Waals surface area contributed by atoms with E-state index in [0.717, 1.165) is 54.4 Å². The summed E-state index contributed by atoms with van der Waals surface area (Å²) >= 11 is 0. The Morgan fingerprint density at radius 3 is 2.21 bits per heavy atom. The van der Waals surface area contributed by atoms with Crippen molar-refractivity contribution in [2.75, 3.05) is 52.2 Å². The summed E-state index contributed by atoms with van der Waals surface area (Å²) in [6.45, 7) is 3.89. The normalized spacial score (nSPS) is 15.2. The predicted molar refractivity (Wildman–Crippen MR) is 117 cm³/mol. The maximum absolute atomic E-state index is 4.47. The van der Waals surface area contributed by atoms with Gasteiger partial charge >= 0.3 is 0 Å². The molecule has 0 amide bonds. The molecule has 1 N–H and O–H groups in total. The molecule has 29 heavy (non-hydrogen) atoms. The largest absolute Gasteiger partial charge is 0.378 e. The lowest BCUT2D eigenvalue weighted by Crippen LogP contribution is -2.41. The minimum atomic E-state index is 0.853. The van der Waals surface area contributed by atoms with Crippen molar-refractivity contribution in [3.05, 3.63) is 54.6 Å². The Hall–Kier alpha value is -3.19. The van der Waals surface area contributed by atoms with Gasteiger partial charge in [0.25, 0.3) is 0 Å². The maximum Gasteiger partial charge on any atom is 0.0927 e. The Kier molecular flexibility index (Phi) is 5.57. The average Bonchev–Trinajstić information content (AvgIpc) is 3.24. The van der Waals surface area contributed by atoms with Gasteiger partial charge in [0.1, 0.15) is 0 Å². The Balaban J connectivity index is 1.43. The van der Waals surface area contributed by atoms with Crippen LogP contribution in [0.15, 0.2) is 64.9 Å². The molecule has 150 valence electrons. The number of H-pyrrole nitrogens is 1. The first-order valence-electron chi connectivity index (χ1n) is 9.87. The van der Waals surface area contributed by atoms with Gasteiger partial charge in [0, 0.05) is 38.4 Å². The minimum Gasteiger partial charge on any atom is -0.378 e. The van der Waals surface area contributed by atoms with Crippen LogP contribution in [-0.4, -0.2) is 67.4 Å². The number of likely N-dealkylation sites (N-methyl/N-ethyl adjacent to an activating group) is 1. The number of aromatic amines is 1. The van der Waals surface area contributed by atoms with E-state index in [0.29, 0.717) is 0 Å². The van der Waals surface area contributed by atoms with Gasteiger partial charge in [-0.1, -0.05) is 29.5 Å². The zero-order valence-electron chi connectivity index (χ0n) is 17.2. The molecule has 0 atom stereocenters. The maximum atomic E-state index is 4.47. The molecule has 0 unspecified atom stereocenters. The molecular formula is C22H27N7. The van der Waals surface area contributed by atoms with E-state index < -0.39 is 0 Å². The van der Waals surface area contributed by atoms with E-state index in [4.69, 9.17) is 0 Å². The van der Waals surface area contributed by atoms with Crippen LogP contribution in [0.25, 0.3) is 22.5 Å². The molecule has 3 aromatic rings. The number of piperazine rings is 1. The second-order valence-electron chi connectivity index (χ2n) is 7.60. The minimum absolute atomic E-state index is 0.853. The highest BCUT2D eigenvalue weighted by Gasteiger charge is 2.11. The number of benzene rings is 2. The molecule has 0 aliphatic carbocycles. The lowest BCUT2D eigenvalue weighted by atomic mass is 10.1. The highest BCUT2D eigenvalue weighted by atomic mass is 15.6. The van der Waals surface area contributed by atoms with Gasteiger partial charge in [-0.25, -0.2) is 0 Å². The summed E-state index contributed by atoms with van der Waals surface area (Å²) in [6, 6.07) is 18.5. The molecule has 1 fully saturated rings. The van der Waals surface area contributed by atoms with Crippen molar-refractivity contribution >= 4 is 11.4 Å². The summed E-state index contributed by atoms with van der Waals surface area (Å²) in [5.41, 5.74) is 6.11. The molecule has 7 nitrogen and oxygen atoms in total. The molecule has 0 spiro atoms. The zero-order valence-corrected chi connectivity index (χ0v) is 17.2. The SMILES string of the molecule is CN1CCN(N=Nc2ccc(-c3cc(-c4ccc(N(C)C)cc4)n[nH]3)cc2)CC1. The molecule has 2 heterocycles. The predicted octanol–water partition coefficient (Wildman–Crippen LogP) is 4.06. The van der Waals surface area contributed by atoms with Crippen LogP contribution in [0.5, 0.6) is 0 Å². The third-order valence-electron chi connectivity index (χ3n) is 5.20. The van der Waals surface area contributed by atoms with Crippen LogP contribution in [0.4, 0.5) is 11.4 Å². The fourth-order valence-corrected chi connectivity index (χ4v) is 3.26. The number of anilines is 1. The van der Waals surface area contributed by atoms with Gasteiger partial charge in [-0.3, -0.25) is 10.1 Å². The smallest absolute Gasteiger partial charge is 0.0927 e. The number of aromatic nitrogens is 2. The molecule has 1 aromatic heterocycles. The van der Waals surface area contributed by atoms with E-state index in [9.17, 15) is 0 Å². The van der Waals surface area contributed by atoms with Gasteiger partial charge in [0.05, 0.1) is 30.2 Å². The van der Waals surface area contributed by atoms with Crippen molar-refractivity contribution in [2.24, 2.45) is 10.3 Å². The van der Waals surface area contributed by atoms with Gasteiger partial charge < -0.3 is 9.80 Å². The van der Waals surface area contributed by atoms with Crippen molar-refractivity contribution in [1.29, 1.82) is 0 Å². The fourth-order valence-electron chi connectivity index (χ4n) is 3.26. The molecule has 4 rings (SSSR count). The third kappa shape index (κ3) is 4.63. The second kappa shape index (κ2) is 8.45. The monoisotopic (exact) mass is 389 g/mol. The van der Waals surface area contributed by atoms with Crippen LogP contribution >= 0.6 is 0 Å². The fraction of sp³-hybridized carbons (Fsp3) is 0.318. The number of hydrogen-bond donors (Lipinski definition) is 1. The molecular weight excluding hydrogens is 362 g/mol. The summed E-state index contributed by atoms with van der Waals surface area (Å²) in [5, 5.41) is 18.4. The molecule has 0 saturated carbocycles. The Morgan fingerprint density at radius 1 is 0.897 bits per heavy atom. The summed E-state index contributed by atoms with van der Waals surface area (Å²) in [4.78, 5) is 4.39. The first-order chi connectivity index (χ1) is 14.1. The highest BCUT2D eigenvalue weighted by Crippen LogP contribution is 2.27. The van der Waals surface area contributed by atoms with Crippen molar-refractivity contribution in [3.63, 3.8) is 0 Å². The first-order valence-corrected chi connectivity index (χ1v) is 9.87. The zero-order chi connectivity index (χ0) is 20.2. The molecule has 1 aliphatic rings. The van der Waals surface area contributed by atoms with E-state index in [1.165, 1.54) is 5.69 Å². The lowest BCUT2D eigenvalue weighted by molar-refractivity contribution is 0.150. The van der Waals surface area contributed by atoms with Crippen LogP contribution in [0.2, 0.25) is 0 Å². The van der Waals surface area contributed by atoms with Crippen molar-refractivity contribution in [1.82, 2.24) is 20.1 Å². The average molecular weight is 390 g/mol. The molecule has 7 heteroatoms. The van der Waals surface area contributed by atoms with E-state index in [2.05, 4.69) is 67.7 Å². The topological polar surface area (TPSA) is 63.1 Å². The number of rotatable bonds is 5. The molecule has 2 aromatic carbocycles. The number of hydrogen-bond acceptors (Lipinski definition) is 5. The van der Waals surface area contributed by atoms with E-state index >= 15 is 0 Å². The van der Waals surface area contributed by atoms with Crippen LogP contribution < -0.4 is 4.90 Å². The van der Waals surface area contributed by atoms with Gasteiger partial charge in [0.2, 0.25) is 0 Å². The lowest BCUT2D eigenvalue weighted by Gasteiger charge is -2.29. The molecule has 0 bridgehead atoms. The number of nitrogens with zero attached hydrogens (tertiary/aromatic N) is 6. The summed E-state index contributed by atoms with van der Waals surface area (Å²) in [6.07, 6.45) is 0. The van der Waals surface area contributed by atoms with Gasteiger partial charge in [-0.2, -0.15) is 5.10 Å². The van der Waals surface area contributed by atoms with Crippen molar-refractivity contribution < 1.29 is 0 Å². The van der Waals surface area contributed by atoms with Gasteiger partial charge in [-0.05, 0) is 42.9 Å². The third-order valence-corrected chi connectivity index (χ3v) is 5.20. The van der Waals surface area contributed by atoms with Gasteiger partial charge in [0.15, 0.2) is 0 Å². The molecule has 1 saturated heterocycles. The van der Waals surface area contributed by atoms with Gasteiger partial charge in [-0.15, -0.1) is 5.11 Å². The van der Waals surface area contributed by atoms with E-state index in [-0.39, 0.29) is 0 Å². The Morgan fingerprint density at radius 2 is 1.55 bits per heavy atom.